The number of nitrogens with two attached hydrogens (primary N) is 1. The van der Waals surface area contributed by atoms with Crippen LogP contribution in [0, 0.1) is 0 Å². The van der Waals surface area contributed by atoms with E-state index >= 15 is 0 Å². The highest BCUT2D eigenvalue weighted by Gasteiger charge is 2.26. The van der Waals surface area contributed by atoms with Gasteiger partial charge in [0.15, 0.2) is 6.10 Å². The van der Waals surface area contributed by atoms with Crippen molar-refractivity contribution < 1.29 is 37.6 Å². The standard InChI is InChI=1S/C52H90NO8P/c1-3-5-7-9-11-13-15-16-17-18-19-20-21-22-23-24-25-26-27-28-29-30-31-32-33-34-35-37-39-41-43-45-52(55)61-50(49-60-62(56,57)59-47-46-53)48-58-51(54)44-42-40-38-36-14-12-10-8-6-4-2/h5,7-8,10-11,13,16-17,19-20,22-23,25-26,50H,3-4,6,9,12,14-15,18,21,24,27-49,53H2,1-2H3,(H,56,57)/b7-5-,10-8-,13-11-,17-16-,20-19-,23-22-,26-25-. The molecule has 9 nitrogen and oxygen atoms in total. The van der Waals surface area contributed by atoms with Crippen LogP contribution in [0.5, 0.6) is 0 Å². The first-order chi connectivity index (χ1) is 30.3. The molecule has 0 fully saturated rings. The summed E-state index contributed by atoms with van der Waals surface area (Å²) in [5, 5.41) is 0. The molecule has 0 rings (SSSR count). The molecule has 62 heavy (non-hydrogen) atoms. The van der Waals surface area contributed by atoms with Gasteiger partial charge in [-0.15, -0.1) is 0 Å². The van der Waals surface area contributed by atoms with Crippen LogP contribution in [0.1, 0.15) is 200 Å². The van der Waals surface area contributed by atoms with Crippen molar-refractivity contribution in [3.05, 3.63) is 85.1 Å². The second-order valence-electron chi connectivity index (χ2n) is 15.9. The topological polar surface area (TPSA) is 134 Å². The van der Waals surface area contributed by atoms with Gasteiger partial charge in [0.1, 0.15) is 6.61 Å². The molecule has 0 aliphatic carbocycles. The van der Waals surface area contributed by atoms with Gasteiger partial charge in [-0.05, 0) is 83.5 Å². The Hall–Kier alpha value is -2.81. The summed E-state index contributed by atoms with van der Waals surface area (Å²) in [6, 6.07) is 0. The molecule has 356 valence electrons. The first kappa shape index (κ1) is 59.2. The van der Waals surface area contributed by atoms with Crippen LogP contribution in [0.3, 0.4) is 0 Å². The van der Waals surface area contributed by atoms with E-state index < -0.39 is 32.5 Å². The summed E-state index contributed by atoms with van der Waals surface area (Å²) in [5.41, 5.74) is 5.35. The SMILES string of the molecule is CC/C=C\C/C=C\C/C=C\C/C=C\C/C=C\C/C=C\CCCCCCCCCCCCCCC(=O)OC(COC(=O)CCCCCCC/C=C\CCC)COP(=O)(O)OCCN. The fourth-order valence-corrected chi connectivity index (χ4v) is 7.17. The number of phosphoric acid groups is 1. The highest BCUT2D eigenvalue weighted by atomic mass is 31.2. The molecule has 0 radical (unpaired) electrons. The number of allylic oxidation sites excluding steroid dienone is 14. The predicted molar refractivity (Wildman–Crippen MR) is 261 cm³/mol. The van der Waals surface area contributed by atoms with Crippen LogP contribution in [0.15, 0.2) is 85.1 Å². The summed E-state index contributed by atoms with van der Waals surface area (Å²) in [5.74, 6) is -0.847. The monoisotopic (exact) mass is 888 g/mol. The first-order valence-electron chi connectivity index (χ1n) is 24.6. The summed E-state index contributed by atoms with van der Waals surface area (Å²) in [7, 11) is -4.38. The Morgan fingerprint density at radius 2 is 0.887 bits per heavy atom. The van der Waals surface area contributed by atoms with Gasteiger partial charge in [0, 0.05) is 19.4 Å². The molecule has 0 amide bonds. The van der Waals surface area contributed by atoms with Crippen molar-refractivity contribution in [1.82, 2.24) is 0 Å². The zero-order valence-electron chi connectivity index (χ0n) is 39.3. The molecule has 0 aliphatic heterocycles. The molecule has 0 spiro atoms. The van der Waals surface area contributed by atoms with Crippen molar-refractivity contribution in [3.8, 4) is 0 Å². The Balaban J connectivity index is 3.96. The van der Waals surface area contributed by atoms with Crippen molar-refractivity contribution in [1.29, 1.82) is 0 Å². The van der Waals surface area contributed by atoms with Gasteiger partial charge in [0.2, 0.25) is 0 Å². The minimum Gasteiger partial charge on any atom is -0.462 e. The summed E-state index contributed by atoms with van der Waals surface area (Å²) in [6.45, 7) is 3.53. The molecule has 0 aliphatic rings. The quantitative estimate of drug-likeness (QED) is 0.0265. The fourth-order valence-electron chi connectivity index (χ4n) is 6.40. The lowest BCUT2D eigenvalue weighted by atomic mass is 10.0. The van der Waals surface area contributed by atoms with Crippen LogP contribution < -0.4 is 5.73 Å². The van der Waals surface area contributed by atoms with E-state index in [0.717, 1.165) is 103 Å². The molecule has 0 saturated carbocycles. The lowest BCUT2D eigenvalue weighted by molar-refractivity contribution is -0.161. The van der Waals surface area contributed by atoms with E-state index in [9.17, 15) is 19.0 Å². The average Bonchev–Trinajstić information content (AvgIpc) is 3.26. The Bertz CT molecular complexity index is 1290. The van der Waals surface area contributed by atoms with Gasteiger partial charge in [-0.3, -0.25) is 18.6 Å². The van der Waals surface area contributed by atoms with E-state index in [0.29, 0.717) is 6.42 Å². The number of unbranched alkanes of at least 4 members (excludes halogenated alkanes) is 18. The third-order valence-electron chi connectivity index (χ3n) is 10.00. The summed E-state index contributed by atoms with van der Waals surface area (Å²) >= 11 is 0. The second kappa shape index (κ2) is 47.7. The molecule has 0 saturated heterocycles. The largest absolute Gasteiger partial charge is 0.472 e. The van der Waals surface area contributed by atoms with Gasteiger partial charge < -0.3 is 20.1 Å². The predicted octanol–water partition coefficient (Wildman–Crippen LogP) is 14.8. The molecule has 3 N–H and O–H groups in total. The minimum absolute atomic E-state index is 0.0489. The first-order valence-corrected chi connectivity index (χ1v) is 26.1. The van der Waals surface area contributed by atoms with Gasteiger partial charge in [0.05, 0.1) is 13.2 Å². The molecular formula is C52H90NO8P. The number of ether oxygens (including phenoxy) is 2. The maximum atomic E-state index is 12.6. The van der Waals surface area contributed by atoms with Crippen molar-refractivity contribution in [2.75, 3.05) is 26.4 Å². The summed E-state index contributed by atoms with van der Waals surface area (Å²) in [4.78, 5) is 34.9. The van der Waals surface area contributed by atoms with Crippen molar-refractivity contribution >= 4 is 19.8 Å². The number of phosphoric ester groups is 1. The molecule has 0 aromatic rings. The maximum Gasteiger partial charge on any atom is 0.472 e. The number of carbonyl (C=O) groups is 2. The van der Waals surface area contributed by atoms with Gasteiger partial charge in [-0.1, -0.05) is 189 Å². The number of carbonyl (C=O) groups excluding carboxylic acids is 2. The van der Waals surface area contributed by atoms with Gasteiger partial charge in [-0.2, -0.15) is 0 Å². The van der Waals surface area contributed by atoms with Gasteiger partial charge in [0.25, 0.3) is 0 Å². The molecule has 2 unspecified atom stereocenters. The molecule has 0 bridgehead atoms. The van der Waals surface area contributed by atoms with Crippen LogP contribution in [-0.4, -0.2) is 49.3 Å². The van der Waals surface area contributed by atoms with Crippen LogP contribution in [0.4, 0.5) is 0 Å². The van der Waals surface area contributed by atoms with E-state index in [1.54, 1.807) is 0 Å². The highest BCUT2D eigenvalue weighted by Crippen LogP contribution is 2.43. The minimum atomic E-state index is -4.38. The third kappa shape index (κ3) is 46.7. The van der Waals surface area contributed by atoms with Crippen molar-refractivity contribution in [3.63, 3.8) is 0 Å². The van der Waals surface area contributed by atoms with Crippen molar-refractivity contribution in [2.24, 2.45) is 5.73 Å². The molecule has 0 heterocycles. The van der Waals surface area contributed by atoms with Crippen LogP contribution in [0.2, 0.25) is 0 Å². The maximum absolute atomic E-state index is 12.6. The average molecular weight is 888 g/mol. The van der Waals surface area contributed by atoms with Gasteiger partial charge in [-0.25, -0.2) is 4.57 Å². The lowest BCUT2D eigenvalue weighted by Crippen LogP contribution is -2.29. The second-order valence-corrected chi connectivity index (χ2v) is 17.4. The Morgan fingerprint density at radius 1 is 0.500 bits per heavy atom. The Kier molecular flexibility index (Phi) is 45.5. The highest BCUT2D eigenvalue weighted by molar-refractivity contribution is 7.47. The molecule has 0 aromatic carbocycles. The summed E-state index contributed by atoms with van der Waals surface area (Å²) in [6.07, 6.45) is 60.7. The normalized spacial score (nSPS) is 13.9. The Labute approximate surface area is 379 Å². The van der Waals surface area contributed by atoms with E-state index in [1.165, 1.54) is 64.2 Å². The molecule has 10 heteroatoms. The van der Waals surface area contributed by atoms with Crippen LogP contribution in [0.25, 0.3) is 0 Å². The van der Waals surface area contributed by atoms with Gasteiger partial charge >= 0.3 is 19.8 Å². The lowest BCUT2D eigenvalue weighted by Gasteiger charge is -2.19. The van der Waals surface area contributed by atoms with E-state index in [-0.39, 0.29) is 32.6 Å². The number of esters is 2. The third-order valence-corrected chi connectivity index (χ3v) is 11.0. The number of hydrogen-bond donors (Lipinski definition) is 2. The summed E-state index contributed by atoms with van der Waals surface area (Å²) < 4.78 is 32.8. The molecule has 2 atom stereocenters. The van der Waals surface area contributed by atoms with Crippen LogP contribution >= 0.6 is 7.82 Å². The van der Waals surface area contributed by atoms with E-state index in [4.69, 9.17) is 24.3 Å². The number of hydrogen-bond acceptors (Lipinski definition) is 8. The van der Waals surface area contributed by atoms with Crippen LogP contribution in [-0.2, 0) is 32.7 Å². The number of rotatable bonds is 45. The fraction of sp³-hybridized carbons (Fsp3) is 0.692. The smallest absolute Gasteiger partial charge is 0.462 e. The zero-order valence-corrected chi connectivity index (χ0v) is 40.2. The molecular weight excluding hydrogens is 798 g/mol. The van der Waals surface area contributed by atoms with E-state index in [2.05, 4.69) is 98.9 Å². The van der Waals surface area contributed by atoms with Crippen molar-refractivity contribution in [2.45, 2.75) is 206 Å². The zero-order chi connectivity index (χ0) is 45.3. The molecule has 0 aromatic heterocycles. The Morgan fingerprint density at radius 3 is 1.34 bits per heavy atom. The van der Waals surface area contributed by atoms with E-state index in [1.807, 2.05) is 0 Å².